The van der Waals surface area contributed by atoms with Gasteiger partial charge in [-0.15, -0.1) is 11.3 Å². The first-order valence-electron chi connectivity index (χ1n) is 11.0. The molecular weight excluding hydrogens is 438 g/mol. The third-order valence-electron chi connectivity index (χ3n) is 5.74. The van der Waals surface area contributed by atoms with E-state index in [2.05, 4.69) is 10.6 Å². The number of carbonyl (C=O) groups is 3. The lowest BCUT2D eigenvalue weighted by Crippen LogP contribution is -2.53. The van der Waals surface area contributed by atoms with Crippen molar-refractivity contribution in [3.05, 3.63) is 81.9 Å². The molecule has 7 nitrogen and oxygen atoms in total. The first-order valence-corrected chi connectivity index (χ1v) is 11.9. The average Bonchev–Trinajstić information content (AvgIpc) is 3.52. The summed E-state index contributed by atoms with van der Waals surface area (Å²) in [5, 5.41) is 7.76. The van der Waals surface area contributed by atoms with Crippen molar-refractivity contribution in [2.45, 2.75) is 38.3 Å². The molecule has 0 radical (unpaired) electrons. The highest BCUT2D eigenvalue weighted by atomic mass is 32.1. The van der Waals surface area contributed by atoms with Crippen molar-refractivity contribution in [2.24, 2.45) is 0 Å². The van der Waals surface area contributed by atoms with Crippen molar-refractivity contribution in [3.8, 4) is 0 Å². The second kappa shape index (κ2) is 10.5. The Morgan fingerprint density at radius 2 is 1.79 bits per heavy atom. The van der Waals surface area contributed by atoms with Gasteiger partial charge in [0.1, 0.15) is 11.8 Å². The fourth-order valence-electron chi connectivity index (χ4n) is 3.96. The van der Waals surface area contributed by atoms with E-state index in [1.165, 1.54) is 11.3 Å². The van der Waals surface area contributed by atoms with Crippen molar-refractivity contribution in [1.29, 1.82) is 0 Å². The van der Waals surface area contributed by atoms with E-state index in [9.17, 15) is 14.4 Å². The van der Waals surface area contributed by atoms with Crippen LogP contribution in [0.2, 0.25) is 0 Å². The molecule has 1 saturated heterocycles. The van der Waals surface area contributed by atoms with E-state index in [1.54, 1.807) is 30.0 Å². The molecule has 1 atom stereocenters. The van der Waals surface area contributed by atoms with Gasteiger partial charge in [-0.05, 0) is 48.9 Å². The van der Waals surface area contributed by atoms with E-state index in [-0.39, 0.29) is 23.8 Å². The van der Waals surface area contributed by atoms with E-state index in [4.69, 9.17) is 4.42 Å². The number of hydrogen-bond acceptors (Lipinski definition) is 5. The van der Waals surface area contributed by atoms with Crippen LogP contribution in [0.25, 0.3) is 0 Å². The summed E-state index contributed by atoms with van der Waals surface area (Å²) in [6.45, 7) is 2.83. The third kappa shape index (κ3) is 5.90. The highest BCUT2D eigenvalue weighted by Gasteiger charge is 2.30. The number of thiophene rings is 1. The Morgan fingerprint density at radius 1 is 1.03 bits per heavy atom. The van der Waals surface area contributed by atoms with Gasteiger partial charge in [-0.1, -0.05) is 36.4 Å². The number of furan rings is 1. The molecule has 1 unspecified atom stereocenters. The molecular formula is C25H27N3O4S. The maximum atomic E-state index is 13.4. The van der Waals surface area contributed by atoms with Crippen LogP contribution in [0, 0.1) is 6.92 Å². The predicted molar refractivity (Wildman–Crippen MR) is 126 cm³/mol. The first kappa shape index (κ1) is 22.8. The fraction of sp³-hybridized carbons (Fsp3) is 0.320. The van der Waals surface area contributed by atoms with Crippen molar-refractivity contribution < 1.29 is 18.8 Å². The van der Waals surface area contributed by atoms with Gasteiger partial charge in [0.2, 0.25) is 5.91 Å². The fourth-order valence-corrected chi connectivity index (χ4v) is 4.59. The lowest BCUT2D eigenvalue weighted by molar-refractivity contribution is -0.134. The van der Waals surface area contributed by atoms with Crippen LogP contribution in [0.3, 0.4) is 0 Å². The summed E-state index contributed by atoms with van der Waals surface area (Å²) in [7, 11) is 0. The van der Waals surface area contributed by atoms with Gasteiger partial charge in [-0.25, -0.2) is 0 Å². The standard InChI is InChI=1S/C25H27N3O4S/c1-17-9-10-21(32-17)23(29)26-19-11-13-28(14-12-19)25(31)20(16-18-6-3-2-4-7-18)27-24(30)22-8-5-15-33-22/h2-10,15,19-20H,11-14,16H2,1H3,(H,26,29)(H,27,30). The number of benzene rings is 1. The van der Waals surface area contributed by atoms with E-state index < -0.39 is 6.04 Å². The number of aryl methyl sites for hydroxylation is 1. The molecule has 0 spiro atoms. The van der Waals surface area contributed by atoms with E-state index in [0.29, 0.717) is 48.7 Å². The number of rotatable bonds is 7. The molecule has 0 aliphatic carbocycles. The minimum atomic E-state index is -0.653. The maximum Gasteiger partial charge on any atom is 0.287 e. The van der Waals surface area contributed by atoms with Gasteiger partial charge in [0.05, 0.1) is 4.88 Å². The molecule has 8 heteroatoms. The summed E-state index contributed by atoms with van der Waals surface area (Å²) in [5.41, 5.74) is 0.984. The second-order valence-electron chi connectivity index (χ2n) is 8.18. The summed E-state index contributed by atoms with van der Waals surface area (Å²) >= 11 is 1.35. The Hall–Kier alpha value is -3.39. The molecule has 3 amide bonds. The van der Waals surface area contributed by atoms with E-state index in [1.807, 2.05) is 41.8 Å². The molecule has 0 bridgehead atoms. The topological polar surface area (TPSA) is 91.7 Å². The third-order valence-corrected chi connectivity index (χ3v) is 6.61. The molecule has 2 N–H and O–H groups in total. The molecule has 1 fully saturated rings. The summed E-state index contributed by atoms with van der Waals surface area (Å²) in [4.78, 5) is 40.8. The van der Waals surface area contributed by atoms with Crippen LogP contribution in [-0.4, -0.2) is 47.8 Å². The molecule has 0 saturated carbocycles. The van der Waals surface area contributed by atoms with Crippen LogP contribution in [0.15, 0.2) is 64.4 Å². The molecule has 3 aromatic rings. The monoisotopic (exact) mass is 465 g/mol. The van der Waals surface area contributed by atoms with Gasteiger partial charge in [0.15, 0.2) is 5.76 Å². The van der Waals surface area contributed by atoms with Gasteiger partial charge >= 0.3 is 0 Å². The molecule has 172 valence electrons. The quantitative estimate of drug-likeness (QED) is 0.559. The average molecular weight is 466 g/mol. The molecule has 33 heavy (non-hydrogen) atoms. The highest BCUT2D eigenvalue weighted by Crippen LogP contribution is 2.16. The van der Waals surface area contributed by atoms with Crippen LogP contribution in [0.1, 0.15) is 44.4 Å². The van der Waals surface area contributed by atoms with Gasteiger partial charge in [-0.3, -0.25) is 14.4 Å². The molecule has 2 aromatic heterocycles. The zero-order valence-corrected chi connectivity index (χ0v) is 19.3. The minimum Gasteiger partial charge on any atom is -0.456 e. The van der Waals surface area contributed by atoms with Crippen molar-refractivity contribution in [3.63, 3.8) is 0 Å². The molecule has 1 aliphatic rings. The van der Waals surface area contributed by atoms with Crippen LogP contribution in [0.4, 0.5) is 0 Å². The van der Waals surface area contributed by atoms with Crippen molar-refractivity contribution in [1.82, 2.24) is 15.5 Å². The Kier molecular flexibility index (Phi) is 7.24. The molecule has 1 aromatic carbocycles. The number of amides is 3. The summed E-state index contributed by atoms with van der Waals surface area (Å²) in [6, 6.07) is 16.0. The minimum absolute atomic E-state index is 0.0276. The SMILES string of the molecule is Cc1ccc(C(=O)NC2CCN(C(=O)C(Cc3ccccc3)NC(=O)c3cccs3)CC2)o1. The first-order chi connectivity index (χ1) is 16.0. The molecule has 1 aliphatic heterocycles. The van der Waals surface area contributed by atoms with Gasteiger partial charge in [0, 0.05) is 25.6 Å². The largest absolute Gasteiger partial charge is 0.456 e. The Morgan fingerprint density at radius 3 is 2.42 bits per heavy atom. The Balaban J connectivity index is 1.37. The van der Waals surface area contributed by atoms with Gasteiger partial charge in [0.25, 0.3) is 11.8 Å². The number of nitrogens with one attached hydrogen (secondary N) is 2. The Labute approximate surface area is 196 Å². The lowest BCUT2D eigenvalue weighted by atomic mass is 10.0. The smallest absolute Gasteiger partial charge is 0.287 e. The normalized spacial score (nSPS) is 15.1. The van der Waals surface area contributed by atoms with E-state index in [0.717, 1.165) is 5.56 Å². The van der Waals surface area contributed by atoms with Crippen LogP contribution >= 0.6 is 11.3 Å². The molecule has 4 rings (SSSR count). The Bertz CT molecular complexity index is 1090. The molecule has 3 heterocycles. The summed E-state index contributed by atoms with van der Waals surface area (Å²) in [6.07, 6.45) is 1.72. The highest BCUT2D eigenvalue weighted by molar-refractivity contribution is 7.12. The number of nitrogens with zero attached hydrogens (tertiary/aromatic N) is 1. The number of hydrogen-bond donors (Lipinski definition) is 2. The maximum absolute atomic E-state index is 13.4. The van der Waals surface area contributed by atoms with Crippen LogP contribution in [-0.2, 0) is 11.2 Å². The lowest BCUT2D eigenvalue weighted by Gasteiger charge is -2.34. The van der Waals surface area contributed by atoms with Crippen molar-refractivity contribution >= 4 is 29.1 Å². The number of carbonyl (C=O) groups excluding carboxylic acids is 3. The van der Waals surface area contributed by atoms with E-state index >= 15 is 0 Å². The zero-order chi connectivity index (χ0) is 23.2. The van der Waals surface area contributed by atoms with Crippen molar-refractivity contribution in [2.75, 3.05) is 13.1 Å². The summed E-state index contributed by atoms with van der Waals surface area (Å²) < 4.78 is 5.39. The number of likely N-dealkylation sites (tertiary alicyclic amines) is 1. The van der Waals surface area contributed by atoms with Gasteiger partial charge < -0.3 is 20.0 Å². The van der Waals surface area contributed by atoms with Crippen LogP contribution < -0.4 is 10.6 Å². The van der Waals surface area contributed by atoms with Crippen LogP contribution in [0.5, 0.6) is 0 Å². The summed E-state index contributed by atoms with van der Waals surface area (Å²) in [5.74, 6) is 0.406. The predicted octanol–water partition coefficient (Wildman–Crippen LogP) is 3.41. The second-order valence-corrected chi connectivity index (χ2v) is 9.12. The zero-order valence-electron chi connectivity index (χ0n) is 18.5. The van der Waals surface area contributed by atoms with Gasteiger partial charge in [-0.2, -0.15) is 0 Å². The number of piperidine rings is 1.